The van der Waals surface area contributed by atoms with Crippen molar-refractivity contribution in [1.82, 2.24) is 4.98 Å². The molecule has 1 amide bonds. The fourth-order valence-corrected chi connectivity index (χ4v) is 2.87. The number of alkyl halides is 3. The van der Waals surface area contributed by atoms with Crippen molar-refractivity contribution >= 4 is 24.2 Å². The number of esters is 1. The lowest BCUT2D eigenvalue weighted by molar-refractivity contribution is -0.139. The van der Waals surface area contributed by atoms with E-state index in [9.17, 15) is 27.6 Å². The van der Waals surface area contributed by atoms with E-state index in [2.05, 4.69) is 21.0 Å². The van der Waals surface area contributed by atoms with E-state index in [0.29, 0.717) is 24.5 Å². The normalized spacial score (nSPS) is 11.4. The molecule has 1 aromatic heterocycles. The molecule has 0 fully saturated rings. The quantitative estimate of drug-likeness (QED) is 0.157. The number of allylic oxidation sites excluding steroid dienone is 1. The highest BCUT2D eigenvalue weighted by molar-refractivity contribution is 5.99. The molecule has 0 aliphatic rings. The summed E-state index contributed by atoms with van der Waals surface area (Å²) in [5.74, 6) is -1.81. The van der Waals surface area contributed by atoms with Crippen LogP contribution in [0, 0.1) is 0 Å². The largest absolute Gasteiger partial charge is 0.464 e. The van der Waals surface area contributed by atoms with Crippen molar-refractivity contribution in [3.05, 3.63) is 59.8 Å². The van der Waals surface area contributed by atoms with Crippen LogP contribution in [0.3, 0.4) is 0 Å². The number of benzene rings is 1. The molecule has 9 nitrogen and oxygen atoms in total. The molecule has 0 saturated carbocycles. The van der Waals surface area contributed by atoms with E-state index in [1.54, 1.807) is 45.0 Å². The molecule has 0 spiro atoms. The van der Waals surface area contributed by atoms with Crippen LogP contribution in [-0.4, -0.2) is 48.9 Å². The minimum Gasteiger partial charge on any atom is -0.464 e. The van der Waals surface area contributed by atoms with Crippen molar-refractivity contribution < 1.29 is 46.5 Å². The fourth-order valence-electron chi connectivity index (χ4n) is 2.87. The smallest absolute Gasteiger partial charge is 0.421 e. The summed E-state index contributed by atoms with van der Waals surface area (Å²) in [4.78, 5) is 39.0. The van der Waals surface area contributed by atoms with Crippen molar-refractivity contribution in [2.24, 2.45) is 0 Å². The van der Waals surface area contributed by atoms with E-state index in [0.717, 1.165) is 19.1 Å². The third kappa shape index (κ3) is 10.6. The number of methoxy groups -OCH3 is 1. The van der Waals surface area contributed by atoms with Gasteiger partial charge in [0.2, 0.25) is 5.88 Å². The highest BCUT2D eigenvalue weighted by atomic mass is 19.4. The van der Waals surface area contributed by atoms with Crippen LogP contribution in [0.15, 0.2) is 43.0 Å². The maximum absolute atomic E-state index is 13.9. The molecule has 0 atom stereocenters. The fraction of sp³-hybridized carbons (Fsp3) is 0.429. The Hall–Kier alpha value is -4.09. The van der Waals surface area contributed by atoms with Crippen molar-refractivity contribution in [3.8, 4) is 11.6 Å². The number of hydrogen-bond acceptors (Lipinski definition) is 8. The summed E-state index contributed by atoms with van der Waals surface area (Å²) in [5.41, 5.74) is -2.95. The molecular formula is C28H35F3N2O7. The monoisotopic (exact) mass is 568 g/mol. The Morgan fingerprint density at radius 2 is 1.65 bits per heavy atom. The predicted octanol–water partition coefficient (Wildman–Crippen LogP) is 6.74. The number of rotatable bonds is 7. The van der Waals surface area contributed by atoms with Gasteiger partial charge in [-0.15, -0.1) is 6.58 Å². The first-order valence-corrected chi connectivity index (χ1v) is 12.0. The van der Waals surface area contributed by atoms with Crippen molar-refractivity contribution in [1.29, 1.82) is 0 Å². The second kappa shape index (κ2) is 13.8. The molecule has 0 bridgehead atoms. The Bertz CT molecular complexity index is 1200. The number of pyridine rings is 1. The number of ether oxygens (including phenoxy) is 4. The molecular weight excluding hydrogens is 533 g/mol. The number of nitrogens with zero attached hydrogens (tertiary/aromatic N) is 2. The highest BCUT2D eigenvalue weighted by Gasteiger charge is 2.39. The lowest BCUT2D eigenvalue weighted by Gasteiger charge is -2.26. The van der Waals surface area contributed by atoms with Gasteiger partial charge in [0.25, 0.3) is 6.47 Å². The number of aromatic nitrogens is 1. The highest BCUT2D eigenvalue weighted by Crippen LogP contribution is 2.41. The second-order valence-corrected chi connectivity index (χ2v) is 10.3. The van der Waals surface area contributed by atoms with Gasteiger partial charge in [0.1, 0.15) is 22.5 Å². The molecule has 220 valence electrons. The maximum atomic E-state index is 13.9. The van der Waals surface area contributed by atoms with Crippen LogP contribution in [0.5, 0.6) is 11.6 Å². The van der Waals surface area contributed by atoms with Crippen LogP contribution in [0.2, 0.25) is 0 Å². The minimum atomic E-state index is -4.91. The van der Waals surface area contributed by atoms with Gasteiger partial charge in [-0.25, -0.2) is 14.6 Å². The van der Waals surface area contributed by atoms with E-state index in [4.69, 9.17) is 9.47 Å². The lowest BCUT2D eigenvalue weighted by atomic mass is 10.1. The summed E-state index contributed by atoms with van der Waals surface area (Å²) >= 11 is 0. The van der Waals surface area contributed by atoms with E-state index in [1.165, 1.54) is 6.07 Å². The molecule has 0 saturated heterocycles. The van der Waals surface area contributed by atoms with Gasteiger partial charge in [-0.1, -0.05) is 24.3 Å². The second-order valence-electron chi connectivity index (χ2n) is 10.3. The van der Waals surface area contributed by atoms with Crippen LogP contribution in [0.4, 0.5) is 23.7 Å². The Balaban J connectivity index is 0.00000101. The van der Waals surface area contributed by atoms with Gasteiger partial charge < -0.3 is 18.9 Å². The zero-order valence-electron chi connectivity index (χ0n) is 23.8. The summed E-state index contributed by atoms with van der Waals surface area (Å²) in [6, 6.07) is 7.02. The standard InChI is InChI=1S/C23H25F3N2O5.C5H10O2/c1-7-10-14-11-8-9-12-17(14)32-19-15(23(24,25)26)13-16(18(27-19)20(29)31-6)28(5)21(30)33-22(2,3)4;1-5(2,3)7-4-6/h7-9,11-13H,1,10H2,2-6H3;4H,1-3H3. The van der Waals surface area contributed by atoms with Crippen LogP contribution in [-0.2, 0) is 31.6 Å². The van der Waals surface area contributed by atoms with Gasteiger partial charge in [-0.3, -0.25) is 9.69 Å². The van der Waals surface area contributed by atoms with Crippen molar-refractivity contribution in [2.45, 2.75) is 65.3 Å². The average molecular weight is 569 g/mol. The first-order valence-electron chi connectivity index (χ1n) is 12.0. The summed E-state index contributed by atoms with van der Waals surface area (Å²) in [6.07, 6.45) is -3.99. The van der Waals surface area contributed by atoms with Crippen LogP contribution < -0.4 is 9.64 Å². The van der Waals surface area contributed by atoms with Gasteiger partial charge in [0.15, 0.2) is 5.69 Å². The Kier molecular flexibility index (Phi) is 11.7. The zero-order valence-corrected chi connectivity index (χ0v) is 23.8. The van der Waals surface area contributed by atoms with Gasteiger partial charge in [0, 0.05) is 7.05 Å². The predicted molar refractivity (Wildman–Crippen MR) is 143 cm³/mol. The molecule has 2 aromatic rings. The molecule has 12 heteroatoms. The van der Waals surface area contributed by atoms with E-state index < -0.39 is 46.7 Å². The van der Waals surface area contributed by atoms with Crippen LogP contribution >= 0.6 is 0 Å². The molecule has 2 rings (SSSR count). The number of para-hydroxylation sites is 1. The number of carbonyl (C=O) groups excluding carboxylic acids is 3. The molecule has 1 aromatic carbocycles. The number of hydrogen-bond donors (Lipinski definition) is 0. The third-order valence-corrected chi connectivity index (χ3v) is 4.63. The third-order valence-electron chi connectivity index (χ3n) is 4.63. The average Bonchev–Trinajstić information content (AvgIpc) is 2.82. The zero-order chi connectivity index (χ0) is 30.9. The number of anilines is 1. The molecule has 40 heavy (non-hydrogen) atoms. The SMILES string of the molecule is C=CCc1ccccc1Oc1nc(C(=O)OC)c(N(C)C(=O)OC(C)(C)C)cc1C(F)(F)F.CC(C)(C)OC=O. The summed E-state index contributed by atoms with van der Waals surface area (Å²) in [5, 5.41) is 0. The van der Waals surface area contributed by atoms with Crippen LogP contribution in [0.25, 0.3) is 0 Å². The number of carbonyl (C=O) groups is 3. The van der Waals surface area contributed by atoms with Crippen molar-refractivity contribution in [3.63, 3.8) is 0 Å². The molecule has 1 heterocycles. The molecule has 0 radical (unpaired) electrons. The minimum absolute atomic E-state index is 0.111. The number of amides is 1. The van der Waals surface area contributed by atoms with E-state index >= 15 is 0 Å². The van der Waals surface area contributed by atoms with Gasteiger partial charge in [-0.05, 0) is 65.7 Å². The Morgan fingerprint density at radius 1 is 1.05 bits per heavy atom. The Morgan fingerprint density at radius 3 is 2.10 bits per heavy atom. The number of halogens is 3. The molecule has 0 aliphatic carbocycles. The van der Waals surface area contributed by atoms with Gasteiger partial charge >= 0.3 is 18.2 Å². The molecule has 0 unspecified atom stereocenters. The summed E-state index contributed by atoms with van der Waals surface area (Å²) in [7, 11) is 2.20. The van der Waals surface area contributed by atoms with E-state index in [-0.39, 0.29) is 11.4 Å². The van der Waals surface area contributed by atoms with E-state index in [1.807, 2.05) is 20.8 Å². The molecule has 0 aliphatic heterocycles. The first-order chi connectivity index (χ1) is 18.3. The van der Waals surface area contributed by atoms with Crippen molar-refractivity contribution in [2.75, 3.05) is 19.1 Å². The van der Waals surface area contributed by atoms with Crippen LogP contribution in [0.1, 0.15) is 63.2 Å². The Labute approximate surface area is 231 Å². The maximum Gasteiger partial charge on any atom is 0.421 e. The lowest BCUT2D eigenvalue weighted by Crippen LogP contribution is -2.35. The topological polar surface area (TPSA) is 104 Å². The molecule has 0 N–H and O–H groups in total. The first kappa shape index (κ1) is 33.9. The van der Waals surface area contributed by atoms with Gasteiger partial charge in [0.05, 0.1) is 12.8 Å². The van der Waals surface area contributed by atoms with Gasteiger partial charge in [-0.2, -0.15) is 13.2 Å². The summed E-state index contributed by atoms with van der Waals surface area (Å²) in [6.45, 7) is 14.3. The summed E-state index contributed by atoms with van der Waals surface area (Å²) < 4.78 is 61.8.